The third-order valence-electron chi connectivity index (χ3n) is 6.73. The minimum atomic E-state index is -2.99. The van der Waals surface area contributed by atoms with Crippen molar-refractivity contribution < 1.29 is 12.3 Å². The Kier molecular flexibility index (Phi) is 1.98. The van der Waals surface area contributed by atoms with E-state index in [1.165, 1.54) is 6.07 Å². The monoisotopic (exact) mass is 399 g/mol. The summed E-state index contributed by atoms with van der Waals surface area (Å²) in [6.45, 7) is -5.16. The molecule has 1 aliphatic heterocycles. The normalized spacial score (nSPS) is 22.4. The fourth-order valence-electron chi connectivity index (χ4n) is 4.96. The fourth-order valence-corrected chi connectivity index (χ4v) is 4.96. The highest BCUT2D eigenvalue weighted by Crippen LogP contribution is 2.53. The molecule has 0 bridgehead atoms. The maximum Gasteiger partial charge on any atom is 0.146 e. The maximum atomic E-state index is 8.83. The van der Waals surface area contributed by atoms with E-state index in [0.29, 0.717) is 38.4 Å². The smallest absolute Gasteiger partial charge is 0.146 e. The van der Waals surface area contributed by atoms with Crippen LogP contribution in [-0.2, 0) is 10.8 Å². The van der Waals surface area contributed by atoms with E-state index in [0.717, 1.165) is 0 Å². The zero-order chi connectivity index (χ0) is 28.3. The molecule has 0 radical (unpaired) electrons. The van der Waals surface area contributed by atoms with Crippen molar-refractivity contribution in [3.8, 4) is 11.3 Å². The van der Waals surface area contributed by atoms with E-state index >= 15 is 0 Å². The Balaban J connectivity index is 2.04. The van der Waals surface area contributed by atoms with Crippen LogP contribution in [0.2, 0.25) is 0 Å². The molecule has 1 aliphatic rings. The van der Waals surface area contributed by atoms with Gasteiger partial charge in [0.1, 0.15) is 5.65 Å². The van der Waals surface area contributed by atoms with Crippen molar-refractivity contribution in [3.05, 3.63) is 83.6 Å². The number of imidazole rings is 1. The van der Waals surface area contributed by atoms with Crippen LogP contribution in [0.1, 0.15) is 56.7 Å². The summed E-state index contributed by atoms with van der Waals surface area (Å²) < 4.78 is 79.6. The number of aryl methyl sites for hydroxylation is 1. The summed E-state index contributed by atoms with van der Waals surface area (Å²) in [5, 5.41) is 1.72. The van der Waals surface area contributed by atoms with Gasteiger partial charge in [0, 0.05) is 39.5 Å². The van der Waals surface area contributed by atoms with Gasteiger partial charge in [0.15, 0.2) is 0 Å². The zero-order valence-electron chi connectivity index (χ0n) is 25.7. The molecule has 30 heavy (non-hydrogen) atoms. The summed E-state index contributed by atoms with van der Waals surface area (Å²) in [7, 11) is 0. The standard InChI is InChI=1S/C28H26N2/c1-17-15-16-21-24-22(17)19-13-9-10-14-20(19)26-29-23(18-11-7-6-8-12-18)25(30(24)26)28(4,5)27(21,2)3/h6-16H,1-5H3/i1D3,4D3,5D3. The van der Waals surface area contributed by atoms with E-state index in [4.69, 9.17) is 17.3 Å². The molecule has 0 unspecified atom stereocenters. The third kappa shape index (κ3) is 1.92. The molecule has 2 nitrogen and oxygen atoms in total. The van der Waals surface area contributed by atoms with Crippen LogP contribution in [0.3, 0.4) is 0 Å². The Morgan fingerprint density at radius 3 is 2.30 bits per heavy atom. The van der Waals surface area contributed by atoms with Crippen LogP contribution in [0.5, 0.6) is 0 Å². The predicted molar refractivity (Wildman–Crippen MR) is 126 cm³/mol. The Hall–Kier alpha value is -3.13. The van der Waals surface area contributed by atoms with Gasteiger partial charge in [-0.3, -0.25) is 4.40 Å². The molecule has 2 heteroatoms. The van der Waals surface area contributed by atoms with Crippen LogP contribution in [0, 0.1) is 6.85 Å². The van der Waals surface area contributed by atoms with Crippen LogP contribution < -0.4 is 0 Å². The van der Waals surface area contributed by atoms with Gasteiger partial charge in [0.2, 0.25) is 0 Å². The van der Waals surface area contributed by atoms with Crippen molar-refractivity contribution in [2.45, 2.75) is 45.2 Å². The van der Waals surface area contributed by atoms with Crippen LogP contribution >= 0.6 is 0 Å². The van der Waals surface area contributed by atoms with E-state index in [2.05, 4.69) is 0 Å². The summed E-state index contributed by atoms with van der Waals surface area (Å²) in [5.74, 6) is 0. The highest BCUT2D eigenvalue weighted by Gasteiger charge is 2.48. The number of hydrogen-bond acceptors (Lipinski definition) is 1. The van der Waals surface area contributed by atoms with Crippen molar-refractivity contribution in [3.63, 3.8) is 0 Å². The molecule has 0 amide bonds. The topological polar surface area (TPSA) is 17.3 Å². The average molecular weight is 400 g/mol. The average Bonchev–Trinajstić information content (AvgIpc) is 3.22. The fraction of sp³-hybridized carbons (Fsp3) is 0.250. The number of benzene rings is 3. The molecule has 0 spiro atoms. The first-order valence-corrected chi connectivity index (χ1v) is 10.0. The van der Waals surface area contributed by atoms with E-state index < -0.39 is 31.4 Å². The lowest BCUT2D eigenvalue weighted by atomic mass is 9.60. The Labute approximate surface area is 189 Å². The minimum absolute atomic E-state index is 0.0552. The molecule has 0 saturated carbocycles. The first-order valence-electron chi connectivity index (χ1n) is 14.5. The van der Waals surface area contributed by atoms with E-state index in [1.807, 2.05) is 24.3 Å². The molecule has 148 valence electrons. The molecule has 2 aromatic heterocycles. The highest BCUT2D eigenvalue weighted by molar-refractivity contribution is 6.14. The summed E-state index contributed by atoms with van der Waals surface area (Å²) in [6.07, 6.45) is 0. The van der Waals surface area contributed by atoms with Gasteiger partial charge in [-0.2, -0.15) is 0 Å². The lowest BCUT2D eigenvalue weighted by Crippen LogP contribution is -2.44. The van der Waals surface area contributed by atoms with Gasteiger partial charge in [-0.05, 0) is 23.4 Å². The van der Waals surface area contributed by atoms with E-state index in [1.54, 1.807) is 54.6 Å². The highest BCUT2D eigenvalue weighted by atomic mass is 15.1. The summed E-state index contributed by atoms with van der Waals surface area (Å²) in [6, 6.07) is 19.3. The molecular formula is C28H26N2. The SMILES string of the molecule is [2H]C([2H])([2H])c1ccc2c3c1c1ccccc1c1nc(-c4ccccc4)c(n13)C(C([2H])([2H])[2H])(C([2H])([2H])[2H])C2(C)C. The largest absolute Gasteiger partial charge is 0.295 e. The van der Waals surface area contributed by atoms with Gasteiger partial charge in [-0.25, -0.2) is 4.98 Å². The summed E-state index contributed by atoms with van der Waals surface area (Å²) >= 11 is 0. The van der Waals surface area contributed by atoms with E-state index in [9.17, 15) is 0 Å². The van der Waals surface area contributed by atoms with Crippen molar-refractivity contribution in [2.75, 3.05) is 0 Å². The van der Waals surface area contributed by atoms with Gasteiger partial charge in [-0.15, -0.1) is 0 Å². The summed E-state index contributed by atoms with van der Waals surface area (Å²) in [5.41, 5.74) is -1.51. The van der Waals surface area contributed by atoms with Crippen molar-refractivity contribution >= 4 is 27.3 Å². The molecule has 5 aromatic rings. The summed E-state index contributed by atoms with van der Waals surface area (Å²) in [4.78, 5) is 4.97. The molecule has 0 N–H and O–H groups in total. The Bertz CT molecular complexity index is 1780. The van der Waals surface area contributed by atoms with Gasteiger partial charge in [-0.1, -0.05) is 94.3 Å². The zero-order valence-corrected chi connectivity index (χ0v) is 16.7. The minimum Gasteiger partial charge on any atom is -0.295 e. The number of aromatic nitrogens is 2. The van der Waals surface area contributed by atoms with Crippen LogP contribution in [0.4, 0.5) is 0 Å². The van der Waals surface area contributed by atoms with Gasteiger partial charge >= 0.3 is 0 Å². The quantitative estimate of drug-likeness (QED) is 0.273. The molecule has 0 saturated heterocycles. The third-order valence-corrected chi connectivity index (χ3v) is 6.73. The molecule has 6 rings (SSSR count). The van der Waals surface area contributed by atoms with Crippen LogP contribution in [0.25, 0.3) is 38.6 Å². The molecule has 3 heterocycles. The van der Waals surface area contributed by atoms with Crippen molar-refractivity contribution in [2.24, 2.45) is 0 Å². The number of pyridine rings is 1. The molecular weight excluding hydrogens is 364 g/mol. The molecule has 0 atom stereocenters. The second kappa shape index (κ2) is 5.51. The van der Waals surface area contributed by atoms with Gasteiger partial charge in [0.25, 0.3) is 0 Å². The van der Waals surface area contributed by atoms with Crippen LogP contribution in [-0.4, -0.2) is 9.38 Å². The van der Waals surface area contributed by atoms with Crippen molar-refractivity contribution in [1.29, 1.82) is 0 Å². The maximum absolute atomic E-state index is 8.83. The number of hydrogen-bond donors (Lipinski definition) is 0. The second-order valence-corrected chi connectivity index (χ2v) is 8.64. The first kappa shape index (κ1) is 10.8. The Morgan fingerprint density at radius 2 is 1.57 bits per heavy atom. The first-order chi connectivity index (χ1) is 18.0. The molecule has 0 fully saturated rings. The van der Waals surface area contributed by atoms with Gasteiger partial charge < -0.3 is 0 Å². The van der Waals surface area contributed by atoms with Crippen LogP contribution in [0.15, 0.2) is 66.7 Å². The number of fused-ring (bicyclic) bond motifs is 3. The van der Waals surface area contributed by atoms with Gasteiger partial charge in [0.05, 0.1) is 16.9 Å². The lowest BCUT2D eigenvalue weighted by molar-refractivity contribution is 0.289. The molecule has 3 aromatic carbocycles. The lowest BCUT2D eigenvalue weighted by Gasteiger charge is -2.46. The van der Waals surface area contributed by atoms with E-state index in [-0.39, 0.29) is 17.0 Å². The second-order valence-electron chi connectivity index (χ2n) is 8.64. The molecule has 0 aliphatic carbocycles. The van der Waals surface area contributed by atoms with Crippen molar-refractivity contribution in [1.82, 2.24) is 9.38 Å². The number of nitrogens with zero attached hydrogens (tertiary/aromatic N) is 2. The number of rotatable bonds is 1. The Morgan fingerprint density at radius 1 is 0.833 bits per heavy atom. The predicted octanol–water partition coefficient (Wildman–Crippen LogP) is 7.18.